The van der Waals surface area contributed by atoms with E-state index in [-0.39, 0.29) is 5.41 Å². The molecule has 1 N–H and O–H groups in total. The minimum absolute atomic E-state index is 0.267. The van der Waals surface area contributed by atoms with Gasteiger partial charge in [-0.1, -0.05) is 38.4 Å². The number of halogens is 1. The second-order valence-electron chi connectivity index (χ2n) is 7.27. The molecular weight excluding hydrogens is 280 g/mol. The average Bonchev–Trinajstić information content (AvgIpc) is 2.97. The van der Waals surface area contributed by atoms with Gasteiger partial charge in [0.1, 0.15) is 0 Å². The van der Waals surface area contributed by atoms with Crippen molar-refractivity contribution in [3.63, 3.8) is 0 Å². The van der Waals surface area contributed by atoms with Crippen LogP contribution in [0, 0.1) is 5.41 Å². The van der Waals surface area contributed by atoms with Crippen molar-refractivity contribution >= 4 is 11.6 Å². The highest BCUT2D eigenvalue weighted by Crippen LogP contribution is 2.45. The average molecular weight is 307 g/mol. The molecule has 21 heavy (non-hydrogen) atoms. The summed E-state index contributed by atoms with van der Waals surface area (Å²) < 4.78 is 0. The first-order chi connectivity index (χ1) is 10.0. The lowest BCUT2D eigenvalue weighted by molar-refractivity contribution is 0.219. The SMILES string of the molecule is CCN1CCCC1CNC1c2cc(Cl)ccc2CC1(C)C. The Morgan fingerprint density at radius 1 is 1.38 bits per heavy atom. The van der Waals surface area contributed by atoms with E-state index in [2.05, 4.69) is 43.1 Å². The number of rotatable bonds is 4. The number of hydrogen-bond donors (Lipinski definition) is 1. The molecule has 1 aromatic carbocycles. The van der Waals surface area contributed by atoms with E-state index in [4.69, 9.17) is 11.6 Å². The van der Waals surface area contributed by atoms with Crippen LogP contribution < -0.4 is 5.32 Å². The van der Waals surface area contributed by atoms with Crippen molar-refractivity contribution in [2.24, 2.45) is 5.41 Å². The maximum atomic E-state index is 6.22. The van der Waals surface area contributed by atoms with Crippen LogP contribution in [0.25, 0.3) is 0 Å². The molecule has 0 saturated carbocycles. The minimum Gasteiger partial charge on any atom is -0.308 e. The molecule has 0 amide bonds. The maximum absolute atomic E-state index is 6.22. The van der Waals surface area contributed by atoms with E-state index in [1.54, 1.807) is 0 Å². The number of likely N-dealkylation sites (N-methyl/N-ethyl adjacent to an activating group) is 1. The van der Waals surface area contributed by atoms with E-state index >= 15 is 0 Å². The van der Waals surface area contributed by atoms with Crippen LogP contribution in [0.1, 0.15) is 50.8 Å². The molecule has 1 fully saturated rings. The molecule has 2 nitrogen and oxygen atoms in total. The van der Waals surface area contributed by atoms with Gasteiger partial charge in [0.15, 0.2) is 0 Å². The van der Waals surface area contributed by atoms with Gasteiger partial charge in [0.25, 0.3) is 0 Å². The van der Waals surface area contributed by atoms with Crippen LogP contribution in [0.4, 0.5) is 0 Å². The van der Waals surface area contributed by atoms with E-state index in [0.29, 0.717) is 12.1 Å². The lowest BCUT2D eigenvalue weighted by Gasteiger charge is -2.31. The summed E-state index contributed by atoms with van der Waals surface area (Å²) in [5.74, 6) is 0. The second-order valence-corrected chi connectivity index (χ2v) is 7.71. The summed E-state index contributed by atoms with van der Waals surface area (Å²) in [6.07, 6.45) is 3.81. The van der Waals surface area contributed by atoms with Gasteiger partial charge in [0, 0.05) is 23.7 Å². The first-order valence-electron chi connectivity index (χ1n) is 8.27. The summed E-state index contributed by atoms with van der Waals surface area (Å²) in [4.78, 5) is 2.60. The Morgan fingerprint density at radius 2 is 2.19 bits per heavy atom. The largest absolute Gasteiger partial charge is 0.308 e. The van der Waals surface area contributed by atoms with Crippen molar-refractivity contribution in [2.45, 2.75) is 52.1 Å². The fraction of sp³-hybridized carbons (Fsp3) is 0.667. The first-order valence-corrected chi connectivity index (χ1v) is 8.65. The van der Waals surface area contributed by atoms with Gasteiger partial charge in [-0.15, -0.1) is 0 Å². The van der Waals surface area contributed by atoms with E-state index in [0.717, 1.165) is 18.0 Å². The molecule has 1 saturated heterocycles. The molecule has 1 aliphatic carbocycles. The van der Waals surface area contributed by atoms with Gasteiger partial charge in [-0.2, -0.15) is 0 Å². The standard InChI is InChI=1S/C18H27ClN2/c1-4-21-9-5-6-15(21)12-20-17-16-10-14(19)8-7-13(16)11-18(17,2)3/h7-8,10,15,17,20H,4-6,9,11-12H2,1-3H3. The molecule has 3 heteroatoms. The van der Waals surface area contributed by atoms with Crippen LogP contribution in [-0.4, -0.2) is 30.6 Å². The Bertz CT molecular complexity index is 512. The summed E-state index contributed by atoms with van der Waals surface area (Å²) in [6.45, 7) is 10.5. The van der Waals surface area contributed by atoms with Crippen LogP contribution >= 0.6 is 11.6 Å². The molecule has 2 unspecified atom stereocenters. The van der Waals surface area contributed by atoms with Crippen LogP contribution in [0.5, 0.6) is 0 Å². The molecule has 0 aromatic heterocycles. The summed E-state index contributed by atoms with van der Waals surface area (Å²) in [7, 11) is 0. The fourth-order valence-corrected chi connectivity index (χ4v) is 4.37. The number of fused-ring (bicyclic) bond motifs is 1. The van der Waals surface area contributed by atoms with E-state index < -0.39 is 0 Å². The Kier molecular flexibility index (Phi) is 4.31. The number of likely N-dealkylation sites (tertiary alicyclic amines) is 1. The van der Waals surface area contributed by atoms with Crippen molar-refractivity contribution in [1.29, 1.82) is 0 Å². The van der Waals surface area contributed by atoms with E-state index in [9.17, 15) is 0 Å². The molecule has 1 heterocycles. The summed E-state index contributed by atoms with van der Waals surface area (Å²) in [5.41, 5.74) is 3.14. The van der Waals surface area contributed by atoms with Gasteiger partial charge in [-0.25, -0.2) is 0 Å². The van der Waals surface area contributed by atoms with Gasteiger partial charge in [-0.3, -0.25) is 4.90 Å². The molecule has 0 radical (unpaired) electrons. The van der Waals surface area contributed by atoms with Crippen LogP contribution in [0.15, 0.2) is 18.2 Å². The lowest BCUT2D eigenvalue weighted by Crippen LogP contribution is -2.41. The highest BCUT2D eigenvalue weighted by atomic mass is 35.5. The normalized spacial score (nSPS) is 28.0. The molecular formula is C18H27ClN2. The second kappa shape index (κ2) is 5.91. The first kappa shape index (κ1) is 15.3. The fourth-order valence-electron chi connectivity index (χ4n) is 4.19. The van der Waals surface area contributed by atoms with E-state index in [1.807, 2.05) is 6.07 Å². The third-order valence-electron chi connectivity index (χ3n) is 5.31. The Labute approximate surface area is 133 Å². The number of nitrogens with zero attached hydrogens (tertiary/aromatic N) is 1. The summed E-state index contributed by atoms with van der Waals surface area (Å²) in [6, 6.07) is 7.51. The van der Waals surface area contributed by atoms with Crippen LogP contribution in [-0.2, 0) is 6.42 Å². The molecule has 2 atom stereocenters. The van der Waals surface area contributed by atoms with Crippen molar-refractivity contribution in [3.05, 3.63) is 34.3 Å². The topological polar surface area (TPSA) is 15.3 Å². The van der Waals surface area contributed by atoms with Crippen molar-refractivity contribution in [2.75, 3.05) is 19.6 Å². The maximum Gasteiger partial charge on any atom is 0.0409 e. The van der Waals surface area contributed by atoms with E-state index in [1.165, 1.54) is 37.1 Å². The zero-order valence-corrected chi connectivity index (χ0v) is 14.2. The van der Waals surface area contributed by atoms with Crippen molar-refractivity contribution < 1.29 is 0 Å². The lowest BCUT2D eigenvalue weighted by atomic mass is 9.85. The summed E-state index contributed by atoms with van der Waals surface area (Å²) in [5, 5.41) is 4.72. The zero-order valence-electron chi connectivity index (χ0n) is 13.5. The van der Waals surface area contributed by atoms with Crippen molar-refractivity contribution in [3.8, 4) is 0 Å². The Hall–Kier alpha value is -0.570. The third kappa shape index (κ3) is 2.99. The molecule has 2 aliphatic rings. The number of hydrogen-bond acceptors (Lipinski definition) is 2. The van der Waals surface area contributed by atoms with Gasteiger partial charge in [0.05, 0.1) is 0 Å². The predicted octanol–water partition coefficient (Wildman–Crippen LogP) is 4.04. The molecule has 0 bridgehead atoms. The van der Waals surface area contributed by atoms with Crippen molar-refractivity contribution in [1.82, 2.24) is 10.2 Å². The molecule has 1 aromatic rings. The monoisotopic (exact) mass is 306 g/mol. The Balaban J connectivity index is 1.74. The number of nitrogens with one attached hydrogen (secondary N) is 1. The number of benzene rings is 1. The van der Waals surface area contributed by atoms with Gasteiger partial charge in [-0.05, 0) is 61.0 Å². The zero-order chi connectivity index (χ0) is 15.0. The van der Waals surface area contributed by atoms with Crippen LogP contribution in [0.2, 0.25) is 5.02 Å². The minimum atomic E-state index is 0.267. The van der Waals surface area contributed by atoms with Gasteiger partial charge >= 0.3 is 0 Å². The van der Waals surface area contributed by atoms with Crippen LogP contribution in [0.3, 0.4) is 0 Å². The quantitative estimate of drug-likeness (QED) is 0.903. The molecule has 3 rings (SSSR count). The highest BCUT2D eigenvalue weighted by molar-refractivity contribution is 6.30. The van der Waals surface area contributed by atoms with Gasteiger partial charge < -0.3 is 5.32 Å². The highest BCUT2D eigenvalue weighted by Gasteiger charge is 2.39. The predicted molar refractivity (Wildman–Crippen MR) is 89.9 cm³/mol. The summed E-state index contributed by atoms with van der Waals surface area (Å²) >= 11 is 6.22. The Morgan fingerprint density at radius 3 is 2.95 bits per heavy atom. The molecule has 116 valence electrons. The molecule has 1 aliphatic heterocycles. The smallest absolute Gasteiger partial charge is 0.0409 e. The molecule has 0 spiro atoms. The van der Waals surface area contributed by atoms with Gasteiger partial charge in [0.2, 0.25) is 0 Å². The third-order valence-corrected chi connectivity index (χ3v) is 5.54.